The smallest absolute Gasteiger partial charge is 0.0809 e. The van der Waals surface area contributed by atoms with Crippen molar-refractivity contribution in [3.8, 4) is 0 Å². The molecule has 0 fully saturated rings. The van der Waals surface area contributed by atoms with E-state index in [2.05, 4.69) is 52.5 Å². The van der Waals surface area contributed by atoms with Crippen molar-refractivity contribution in [1.82, 2.24) is 0 Å². The van der Waals surface area contributed by atoms with Crippen molar-refractivity contribution in [2.24, 2.45) is 0 Å². The average molecular weight is 194 g/mol. The summed E-state index contributed by atoms with van der Waals surface area (Å²) in [7, 11) is -1.19. The Balaban J connectivity index is 2.94. The van der Waals surface area contributed by atoms with E-state index < -0.39 is 8.07 Å². The summed E-state index contributed by atoms with van der Waals surface area (Å²) in [6, 6.07) is 1.37. The Morgan fingerprint density at radius 2 is 2.00 bits per heavy atom. The van der Waals surface area contributed by atoms with E-state index >= 15 is 0 Å². The molecule has 0 heterocycles. The molecule has 1 unspecified atom stereocenters. The number of rotatable bonds is 2. The summed E-state index contributed by atoms with van der Waals surface area (Å²) in [6.07, 6.45) is 8.10. The van der Waals surface area contributed by atoms with E-state index in [1.807, 2.05) is 0 Å². The minimum Gasteiger partial charge on any atom is -0.0809 e. The van der Waals surface area contributed by atoms with Crippen molar-refractivity contribution >= 4 is 8.07 Å². The molecular weight excluding hydrogens is 172 g/mol. The van der Waals surface area contributed by atoms with Crippen LogP contribution in [0.4, 0.5) is 0 Å². The quantitative estimate of drug-likeness (QED) is 0.575. The second kappa shape index (κ2) is 3.45. The predicted octanol–water partition coefficient (Wildman–Crippen LogP) is 4.31. The van der Waals surface area contributed by atoms with Crippen molar-refractivity contribution in [1.29, 1.82) is 0 Å². The molecule has 0 N–H and O–H groups in total. The molecule has 1 heteroatoms. The van der Waals surface area contributed by atoms with Gasteiger partial charge in [0.2, 0.25) is 0 Å². The number of hydrogen-bond donors (Lipinski definition) is 0. The lowest BCUT2D eigenvalue weighted by Gasteiger charge is -2.41. The summed E-state index contributed by atoms with van der Waals surface area (Å²) in [5.41, 5.74) is 0. The number of hydrogen-bond acceptors (Lipinski definition) is 0. The molecule has 1 aliphatic rings. The van der Waals surface area contributed by atoms with Gasteiger partial charge in [-0.3, -0.25) is 0 Å². The molecule has 0 bridgehead atoms. The fraction of sp³-hybridized carbons (Fsp3) is 0.667. The molecule has 0 aromatic rings. The molecule has 0 saturated heterocycles. The third-order valence-corrected chi connectivity index (χ3v) is 10.4. The first-order valence-electron chi connectivity index (χ1n) is 5.28. The van der Waals surface area contributed by atoms with Gasteiger partial charge in [-0.15, -0.1) is 0 Å². The Morgan fingerprint density at radius 1 is 1.38 bits per heavy atom. The molecule has 74 valence electrons. The van der Waals surface area contributed by atoms with Crippen LogP contribution in [0.5, 0.6) is 0 Å². The Kier molecular flexibility index (Phi) is 2.86. The Bertz CT molecular complexity index is 242. The molecule has 1 rings (SSSR count). The molecule has 13 heavy (non-hydrogen) atoms. The van der Waals surface area contributed by atoms with Gasteiger partial charge in [-0.1, -0.05) is 63.7 Å². The van der Waals surface area contributed by atoms with Gasteiger partial charge in [-0.2, -0.15) is 0 Å². The minimum atomic E-state index is -1.19. The van der Waals surface area contributed by atoms with E-state index in [1.54, 1.807) is 5.20 Å². The minimum absolute atomic E-state index is 0.500. The van der Waals surface area contributed by atoms with E-state index in [-0.39, 0.29) is 0 Å². The Hall–Kier alpha value is -0.303. The standard InChI is InChI=1S/C12H22Si/c1-6-13(5,12(2,3)4)11-9-7-8-10-11/h7-9H,6,10H2,1-5H3. The molecule has 0 aromatic carbocycles. The lowest BCUT2D eigenvalue weighted by atomic mass is 10.2. The highest BCUT2D eigenvalue weighted by Gasteiger charge is 2.40. The first-order chi connectivity index (χ1) is 5.92. The van der Waals surface area contributed by atoms with E-state index in [0.29, 0.717) is 5.04 Å². The summed E-state index contributed by atoms with van der Waals surface area (Å²) in [4.78, 5) is 0. The van der Waals surface area contributed by atoms with Gasteiger partial charge in [0.25, 0.3) is 0 Å². The van der Waals surface area contributed by atoms with Crippen molar-refractivity contribution in [3.05, 3.63) is 23.4 Å². The monoisotopic (exact) mass is 194 g/mol. The summed E-state index contributed by atoms with van der Waals surface area (Å²) >= 11 is 0. The summed E-state index contributed by atoms with van der Waals surface area (Å²) in [5.74, 6) is 0. The van der Waals surface area contributed by atoms with Crippen molar-refractivity contribution < 1.29 is 0 Å². The highest BCUT2D eigenvalue weighted by atomic mass is 28.3. The molecule has 0 spiro atoms. The third-order valence-electron chi connectivity index (χ3n) is 3.84. The Morgan fingerprint density at radius 3 is 2.31 bits per heavy atom. The van der Waals surface area contributed by atoms with Crippen LogP contribution in [-0.4, -0.2) is 8.07 Å². The molecule has 1 atom stereocenters. The lowest BCUT2D eigenvalue weighted by Crippen LogP contribution is -2.42. The molecule has 0 radical (unpaired) electrons. The van der Waals surface area contributed by atoms with Crippen LogP contribution in [0.3, 0.4) is 0 Å². The highest BCUT2D eigenvalue weighted by molar-refractivity contribution is 6.87. The van der Waals surface area contributed by atoms with Crippen LogP contribution >= 0.6 is 0 Å². The van der Waals surface area contributed by atoms with Crippen molar-refractivity contribution in [2.75, 3.05) is 0 Å². The Labute approximate surface area is 83.7 Å². The molecule has 0 saturated carbocycles. The molecule has 0 nitrogen and oxygen atoms in total. The summed E-state index contributed by atoms with van der Waals surface area (Å²) in [6.45, 7) is 12.1. The van der Waals surface area contributed by atoms with Crippen LogP contribution in [-0.2, 0) is 0 Å². The van der Waals surface area contributed by atoms with Crippen LogP contribution in [0, 0.1) is 0 Å². The summed E-state index contributed by atoms with van der Waals surface area (Å²) in [5, 5.41) is 2.24. The zero-order valence-electron chi connectivity index (χ0n) is 9.65. The largest absolute Gasteiger partial charge is 0.0839 e. The molecule has 0 amide bonds. The van der Waals surface area contributed by atoms with Gasteiger partial charge in [0.15, 0.2) is 0 Å². The van der Waals surface area contributed by atoms with Gasteiger partial charge < -0.3 is 0 Å². The van der Waals surface area contributed by atoms with Gasteiger partial charge in [-0.05, 0) is 11.5 Å². The first kappa shape index (κ1) is 10.8. The molecule has 0 aromatic heterocycles. The van der Waals surface area contributed by atoms with Gasteiger partial charge in [0.1, 0.15) is 0 Å². The van der Waals surface area contributed by atoms with Crippen LogP contribution in [0.2, 0.25) is 17.6 Å². The number of allylic oxidation sites excluding steroid dienone is 4. The van der Waals surface area contributed by atoms with Crippen molar-refractivity contribution in [3.63, 3.8) is 0 Å². The van der Waals surface area contributed by atoms with Gasteiger partial charge in [-0.25, -0.2) is 0 Å². The maximum absolute atomic E-state index is 2.53. The van der Waals surface area contributed by atoms with Gasteiger partial charge in [0.05, 0.1) is 8.07 Å². The van der Waals surface area contributed by atoms with E-state index in [0.717, 1.165) is 0 Å². The van der Waals surface area contributed by atoms with Crippen LogP contribution in [0.25, 0.3) is 0 Å². The maximum atomic E-state index is 2.53. The second-order valence-corrected chi connectivity index (χ2v) is 10.8. The SMILES string of the molecule is CC[Si](C)(C1=CC=CC1)C(C)(C)C. The highest BCUT2D eigenvalue weighted by Crippen LogP contribution is 2.45. The summed E-state index contributed by atoms with van der Waals surface area (Å²) < 4.78 is 0. The fourth-order valence-corrected chi connectivity index (χ4v) is 5.61. The lowest BCUT2D eigenvalue weighted by molar-refractivity contribution is 0.715. The average Bonchev–Trinajstić information content (AvgIpc) is 2.52. The first-order valence-corrected chi connectivity index (χ1v) is 7.98. The third kappa shape index (κ3) is 1.80. The van der Waals surface area contributed by atoms with Crippen LogP contribution in [0.1, 0.15) is 34.1 Å². The van der Waals surface area contributed by atoms with Crippen LogP contribution in [0.15, 0.2) is 23.4 Å². The zero-order chi connectivity index (χ0) is 10.1. The van der Waals surface area contributed by atoms with E-state index in [9.17, 15) is 0 Å². The van der Waals surface area contributed by atoms with Crippen LogP contribution < -0.4 is 0 Å². The van der Waals surface area contributed by atoms with E-state index in [1.165, 1.54) is 12.5 Å². The normalized spacial score (nSPS) is 21.5. The zero-order valence-corrected chi connectivity index (χ0v) is 10.6. The fourth-order valence-electron chi connectivity index (χ4n) is 2.10. The van der Waals surface area contributed by atoms with Gasteiger partial charge in [0, 0.05) is 0 Å². The molecular formula is C12H22Si. The van der Waals surface area contributed by atoms with Crippen molar-refractivity contribution in [2.45, 2.75) is 51.7 Å². The topological polar surface area (TPSA) is 0 Å². The molecule has 1 aliphatic carbocycles. The molecule has 0 aliphatic heterocycles. The predicted molar refractivity (Wildman–Crippen MR) is 63.7 cm³/mol. The second-order valence-electron chi connectivity index (χ2n) is 5.26. The maximum Gasteiger partial charge on any atom is 0.0839 e. The van der Waals surface area contributed by atoms with E-state index in [4.69, 9.17) is 0 Å². The van der Waals surface area contributed by atoms with Gasteiger partial charge >= 0.3 is 0 Å².